The van der Waals surface area contributed by atoms with E-state index in [0.717, 1.165) is 24.6 Å². The minimum Gasteiger partial charge on any atom is -0.493 e. The fourth-order valence-electron chi connectivity index (χ4n) is 2.87. The van der Waals surface area contributed by atoms with Crippen LogP contribution in [0.5, 0.6) is 5.75 Å². The minimum atomic E-state index is -1.06. The fraction of sp³-hybridized carbons (Fsp3) is 0.619. The van der Waals surface area contributed by atoms with Crippen molar-refractivity contribution in [2.45, 2.75) is 70.0 Å². The van der Waals surface area contributed by atoms with Gasteiger partial charge in [-0.05, 0) is 12.5 Å². The number of hydrogen-bond donors (Lipinski definition) is 2. The van der Waals surface area contributed by atoms with E-state index in [1.165, 1.54) is 44.9 Å². The summed E-state index contributed by atoms with van der Waals surface area (Å²) in [5.41, 5.74) is 0.521. The molecule has 0 fully saturated rings. The highest BCUT2D eigenvalue weighted by Gasteiger charge is 2.24. The lowest BCUT2D eigenvalue weighted by atomic mass is 10.1. The average Bonchev–Trinajstić information content (AvgIpc) is 2.64. The first-order valence-corrected chi connectivity index (χ1v) is 10.9. The number of carboxylic acids is 2. The number of carbonyl (C=O) groups is 2. The molecule has 0 radical (unpaired) electrons. The van der Waals surface area contributed by atoms with Gasteiger partial charge in [0.05, 0.1) is 12.4 Å². The van der Waals surface area contributed by atoms with Crippen LogP contribution in [0.25, 0.3) is 0 Å². The first-order valence-electron chi connectivity index (χ1n) is 9.84. The van der Waals surface area contributed by atoms with Gasteiger partial charge in [0.1, 0.15) is 11.0 Å². The molecule has 152 valence electrons. The van der Waals surface area contributed by atoms with Gasteiger partial charge >= 0.3 is 11.9 Å². The van der Waals surface area contributed by atoms with Gasteiger partial charge in [-0.15, -0.1) is 11.8 Å². The van der Waals surface area contributed by atoms with Crippen molar-refractivity contribution in [1.29, 1.82) is 0 Å². The third kappa shape index (κ3) is 10.3. The lowest BCUT2D eigenvalue weighted by Gasteiger charge is -2.16. The van der Waals surface area contributed by atoms with Gasteiger partial charge in [0.25, 0.3) is 0 Å². The standard InChI is InChI=1S/C21H32O5S/c1-2-3-4-5-6-7-8-9-12-15-26-18-14-11-10-13-17(18)20(21(24)25)27-16-19(22)23/h10-11,13-14,20H,2-9,12,15-16H2,1H3,(H,22,23)(H,24,25). The van der Waals surface area contributed by atoms with Crippen molar-refractivity contribution in [3.8, 4) is 5.75 Å². The smallest absolute Gasteiger partial charge is 0.321 e. The van der Waals surface area contributed by atoms with Crippen LogP contribution >= 0.6 is 11.8 Å². The lowest BCUT2D eigenvalue weighted by molar-refractivity contribution is -0.136. The molecular weight excluding hydrogens is 364 g/mol. The molecule has 0 bridgehead atoms. The molecule has 0 aliphatic carbocycles. The molecule has 0 heterocycles. The zero-order valence-corrected chi connectivity index (χ0v) is 17.0. The molecule has 1 aromatic rings. The Hall–Kier alpha value is -1.69. The molecule has 0 aromatic heterocycles. The SMILES string of the molecule is CCCCCCCCCCCOc1ccccc1C(SCC(=O)O)C(=O)O. The van der Waals surface area contributed by atoms with Crippen LogP contribution in [0.3, 0.4) is 0 Å². The van der Waals surface area contributed by atoms with Gasteiger partial charge in [-0.1, -0.05) is 76.5 Å². The van der Waals surface area contributed by atoms with E-state index < -0.39 is 17.2 Å². The van der Waals surface area contributed by atoms with Gasteiger partial charge in [0, 0.05) is 5.56 Å². The van der Waals surface area contributed by atoms with Gasteiger partial charge in [-0.25, -0.2) is 0 Å². The molecule has 0 aliphatic rings. The highest BCUT2D eigenvalue weighted by atomic mass is 32.2. The number of para-hydroxylation sites is 1. The summed E-state index contributed by atoms with van der Waals surface area (Å²) in [5, 5.41) is 17.3. The van der Waals surface area contributed by atoms with Crippen molar-refractivity contribution in [2.75, 3.05) is 12.4 Å². The summed E-state index contributed by atoms with van der Waals surface area (Å²) in [5.74, 6) is -1.81. The van der Waals surface area contributed by atoms with E-state index in [-0.39, 0.29) is 5.75 Å². The third-order valence-electron chi connectivity index (χ3n) is 4.30. The molecule has 0 aliphatic heterocycles. The fourth-order valence-corrected chi connectivity index (χ4v) is 3.70. The van der Waals surface area contributed by atoms with Gasteiger partial charge in [-0.2, -0.15) is 0 Å². The molecule has 0 saturated heterocycles. The molecule has 5 nitrogen and oxygen atoms in total. The largest absolute Gasteiger partial charge is 0.493 e. The Morgan fingerprint density at radius 2 is 1.56 bits per heavy atom. The van der Waals surface area contributed by atoms with Crippen LogP contribution in [0.1, 0.15) is 75.5 Å². The van der Waals surface area contributed by atoms with Crippen LogP contribution in [0.2, 0.25) is 0 Å². The number of ether oxygens (including phenoxy) is 1. The van der Waals surface area contributed by atoms with E-state index in [9.17, 15) is 14.7 Å². The Bertz CT molecular complexity index is 561. The Labute approximate surface area is 166 Å². The van der Waals surface area contributed by atoms with E-state index in [2.05, 4.69) is 6.92 Å². The molecule has 1 aromatic carbocycles. The number of unbranched alkanes of at least 4 members (excludes halogenated alkanes) is 8. The molecule has 0 saturated carbocycles. The van der Waals surface area contributed by atoms with Crippen molar-refractivity contribution in [1.82, 2.24) is 0 Å². The van der Waals surface area contributed by atoms with Crippen molar-refractivity contribution < 1.29 is 24.5 Å². The maximum atomic E-state index is 11.5. The predicted octanol–water partition coefficient (Wildman–Crippen LogP) is 5.54. The van der Waals surface area contributed by atoms with Crippen molar-refractivity contribution in [3.63, 3.8) is 0 Å². The van der Waals surface area contributed by atoms with E-state index in [4.69, 9.17) is 9.84 Å². The first kappa shape index (κ1) is 23.3. The Balaban J connectivity index is 2.38. The number of thioether (sulfide) groups is 1. The molecule has 1 atom stereocenters. The lowest BCUT2D eigenvalue weighted by Crippen LogP contribution is -2.13. The quantitative estimate of drug-likeness (QED) is 0.357. The van der Waals surface area contributed by atoms with Crippen LogP contribution in [0, 0.1) is 0 Å². The second-order valence-electron chi connectivity index (χ2n) is 6.64. The maximum Gasteiger partial charge on any atom is 0.321 e. The zero-order valence-electron chi connectivity index (χ0n) is 16.2. The average molecular weight is 397 g/mol. The Morgan fingerprint density at radius 1 is 0.963 bits per heavy atom. The van der Waals surface area contributed by atoms with E-state index in [1.54, 1.807) is 24.3 Å². The Kier molecular flexibility index (Phi) is 12.4. The summed E-state index contributed by atoms with van der Waals surface area (Å²) >= 11 is 0.884. The monoisotopic (exact) mass is 396 g/mol. The van der Waals surface area contributed by atoms with Crippen LogP contribution in [0.4, 0.5) is 0 Å². The minimum absolute atomic E-state index is 0.260. The van der Waals surface area contributed by atoms with Gasteiger partial charge < -0.3 is 14.9 Å². The number of aliphatic carboxylic acids is 2. The summed E-state index contributed by atoms with van der Waals surface area (Å²) < 4.78 is 5.81. The molecule has 0 spiro atoms. The predicted molar refractivity (Wildman–Crippen MR) is 110 cm³/mol. The number of hydrogen-bond acceptors (Lipinski definition) is 4. The summed E-state index contributed by atoms with van der Waals surface area (Å²) in [6.07, 6.45) is 11.0. The summed E-state index contributed by atoms with van der Waals surface area (Å²) in [6, 6.07) is 6.99. The number of rotatable bonds is 16. The van der Waals surface area contributed by atoms with Crippen LogP contribution in [-0.2, 0) is 9.59 Å². The molecular formula is C21H32O5S. The van der Waals surface area contributed by atoms with Gasteiger partial charge in [0.2, 0.25) is 0 Å². The van der Waals surface area contributed by atoms with Crippen LogP contribution < -0.4 is 4.74 Å². The number of benzene rings is 1. The molecule has 0 amide bonds. The van der Waals surface area contributed by atoms with E-state index in [1.807, 2.05) is 0 Å². The van der Waals surface area contributed by atoms with E-state index >= 15 is 0 Å². The second kappa shape index (κ2) is 14.4. The summed E-state index contributed by atoms with van der Waals surface area (Å²) in [4.78, 5) is 22.3. The van der Waals surface area contributed by atoms with Crippen LogP contribution in [-0.4, -0.2) is 34.5 Å². The van der Waals surface area contributed by atoms with Gasteiger partial charge in [0.15, 0.2) is 0 Å². The summed E-state index contributed by atoms with van der Waals surface area (Å²) in [6.45, 7) is 2.77. The summed E-state index contributed by atoms with van der Waals surface area (Å²) in [7, 11) is 0. The van der Waals surface area contributed by atoms with Crippen LogP contribution in [0.15, 0.2) is 24.3 Å². The molecule has 2 N–H and O–H groups in total. The molecule has 6 heteroatoms. The second-order valence-corrected chi connectivity index (χ2v) is 7.73. The first-order chi connectivity index (χ1) is 13.1. The molecule has 1 unspecified atom stereocenters. The number of carboxylic acid groups (broad SMARTS) is 2. The van der Waals surface area contributed by atoms with Crippen molar-refractivity contribution in [3.05, 3.63) is 29.8 Å². The third-order valence-corrected chi connectivity index (χ3v) is 5.51. The van der Waals surface area contributed by atoms with Crippen molar-refractivity contribution in [2.24, 2.45) is 0 Å². The normalized spacial score (nSPS) is 11.9. The highest BCUT2D eigenvalue weighted by molar-refractivity contribution is 8.00. The topological polar surface area (TPSA) is 83.8 Å². The highest BCUT2D eigenvalue weighted by Crippen LogP contribution is 2.35. The molecule has 1 rings (SSSR count). The van der Waals surface area contributed by atoms with E-state index in [0.29, 0.717) is 17.9 Å². The zero-order chi connectivity index (χ0) is 19.9. The van der Waals surface area contributed by atoms with Crippen molar-refractivity contribution >= 4 is 23.7 Å². The van der Waals surface area contributed by atoms with Gasteiger partial charge in [-0.3, -0.25) is 9.59 Å². The Morgan fingerprint density at radius 3 is 2.15 bits per heavy atom. The molecule has 27 heavy (non-hydrogen) atoms. The maximum absolute atomic E-state index is 11.5.